The molecule has 2 heterocycles. The Bertz CT molecular complexity index is 627. The Morgan fingerprint density at radius 3 is 3.00 bits per heavy atom. The van der Waals surface area contributed by atoms with Crippen LogP contribution in [-0.2, 0) is 6.54 Å². The number of nitrogens with zero attached hydrogens (tertiary/aromatic N) is 2. The zero-order valence-corrected chi connectivity index (χ0v) is 8.38. The normalized spacial score (nSPS) is 11.1. The van der Waals surface area contributed by atoms with Crippen molar-refractivity contribution in [3.05, 3.63) is 36.4 Å². The standard InChI is InChI=1S/C11H9N3O2/c12-6-10-13-11(14-16-10)8-1-2-9-7(5-8)3-4-15-9/h1-5H,6,12H2. The number of hydrogen-bond donors (Lipinski definition) is 1. The van der Waals surface area contributed by atoms with Gasteiger partial charge in [0, 0.05) is 10.9 Å². The van der Waals surface area contributed by atoms with Crippen LogP contribution in [0.2, 0.25) is 0 Å². The fourth-order valence-corrected chi connectivity index (χ4v) is 1.56. The highest BCUT2D eigenvalue weighted by molar-refractivity contribution is 5.81. The highest BCUT2D eigenvalue weighted by Crippen LogP contribution is 2.22. The van der Waals surface area contributed by atoms with E-state index in [-0.39, 0.29) is 6.54 Å². The van der Waals surface area contributed by atoms with Gasteiger partial charge in [0.15, 0.2) is 0 Å². The molecule has 0 spiro atoms. The number of aromatic nitrogens is 2. The van der Waals surface area contributed by atoms with Crippen LogP contribution in [0, 0.1) is 0 Å². The first-order chi connectivity index (χ1) is 7.86. The highest BCUT2D eigenvalue weighted by Gasteiger charge is 2.08. The molecule has 0 aliphatic heterocycles. The van der Waals surface area contributed by atoms with Gasteiger partial charge < -0.3 is 14.7 Å². The maximum atomic E-state index is 5.40. The summed E-state index contributed by atoms with van der Waals surface area (Å²) in [4.78, 5) is 4.16. The van der Waals surface area contributed by atoms with E-state index < -0.39 is 0 Å². The molecule has 0 atom stereocenters. The molecule has 0 radical (unpaired) electrons. The summed E-state index contributed by atoms with van der Waals surface area (Å²) in [6.07, 6.45) is 1.65. The Morgan fingerprint density at radius 1 is 1.25 bits per heavy atom. The van der Waals surface area contributed by atoms with E-state index in [0.29, 0.717) is 11.7 Å². The molecule has 0 fully saturated rings. The molecular weight excluding hydrogens is 206 g/mol. The van der Waals surface area contributed by atoms with Crippen LogP contribution in [0.5, 0.6) is 0 Å². The van der Waals surface area contributed by atoms with Crippen molar-refractivity contribution in [2.24, 2.45) is 5.73 Å². The molecule has 5 heteroatoms. The van der Waals surface area contributed by atoms with Gasteiger partial charge in [-0.25, -0.2) is 0 Å². The van der Waals surface area contributed by atoms with Gasteiger partial charge in [0.25, 0.3) is 0 Å². The highest BCUT2D eigenvalue weighted by atomic mass is 16.5. The van der Waals surface area contributed by atoms with Crippen molar-refractivity contribution < 1.29 is 8.94 Å². The number of fused-ring (bicyclic) bond motifs is 1. The van der Waals surface area contributed by atoms with E-state index in [2.05, 4.69) is 10.1 Å². The molecule has 0 saturated carbocycles. The molecule has 16 heavy (non-hydrogen) atoms. The minimum Gasteiger partial charge on any atom is -0.464 e. The lowest BCUT2D eigenvalue weighted by molar-refractivity contribution is 0.380. The predicted octanol–water partition coefficient (Wildman–Crippen LogP) is 1.94. The van der Waals surface area contributed by atoms with Gasteiger partial charge in [-0.05, 0) is 24.3 Å². The summed E-state index contributed by atoms with van der Waals surface area (Å²) < 4.78 is 10.2. The molecule has 2 N–H and O–H groups in total. The van der Waals surface area contributed by atoms with Crippen LogP contribution in [0.25, 0.3) is 22.4 Å². The summed E-state index contributed by atoms with van der Waals surface area (Å²) in [7, 11) is 0. The van der Waals surface area contributed by atoms with Crippen molar-refractivity contribution in [3.8, 4) is 11.4 Å². The molecule has 0 bridgehead atoms. The van der Waals surface area contributed by atoms with Gasteiger partial charge in [-0.1, -0.05) is 5.16 Å². The first-order valence-corrected chi connectivity index (χ1v) is 4.87. The van der Waals surface area contributed by atoms with E-state index >= 15 is 0 Å². The molecule has 1 aromatic carbocycles. The number of furan rings is 1. The Labute approximate surface area is 90.9 Å². The van der Waals surface area contributed by atoms with Crippen LogP contribution in [0.4, 0.5) is 0 Å². The zero-order chi connectivity index (χ0) is 11.0. The number of benzene rings is 1. The summed E-state index contributed by atoms with van der Waals surface area (Å²) in [6.45, 7) is 0.251. The molecule has 5 nitrogen and oxygen atoms in total. The molecule has 0 unspecified atom stereocenters. The fraction of sp³-hybridized carbons (Fsp3) is 0.0909. The second kappa shape index (κ2) is 3.46. The van der Waals surface area contributed by atoms with Crippen LogP contribution in [0.3, 0.4) is 0 Å². The van der Waals surface area contributed by atoms with Crippen molar-refractivity contribution in [1.29, 1.82) is 0 Å². The molecule has 3 aromatic rings. The summed E-state index contributed by atoms with van der Waals surface area (Å²) in [5.74, 6) is 0.978. The lowest BCUT2D eigenvalue weighted by Gasteiger charge is -1.93. The molecule has 0 amide bonds. The average molecular weight is 215 g/mol. The maximum absolute atomic E-state index is 5.40. The van der Waals surface area contributed by atoms with Crippen molar-refractivity contribution >= 4 is 11.0 Å². The topological polar surface area (TPSA) is 78.1 Å². The Kier molecular flexibility index (Phi) is 1.97. The van der Waals surface area contributed by atoms with Gasteiger partial charge in [-0.3, -0.25) is 0 Å². The molecule has 0 aliphatic rings. The van der Waals surface area contributed by atoms with Crippen LogP contribution in [0.15, 0.2) is 39.5 Å². The van der Waals surface area contributed by atoms with E-state index in [1.165, 1.54) is 0 Å². The Balaban J connectivity index is 2.10. The van der Waals surface area contributed by atoms with E-state index in [1.54, 1.807) is 6.26 Å². The SMILES string of the molecule is NCc1nc(-c2ccc3occc3c2)no1. The van der Waals surface area contributed by atoms with Crippen LogP contribution < -0.4 is 5.73 Å². The predicted molar refractivity (Wildman–Crippen MR) is 57.4 cm³/mol. The Morgan fingerprint density at radius 2 is 2.19 bits per heavy atom. The molecule has 0 saturated heterocycles. The van der Waals surface area contributed by atoms with Gasteiger partial charge in [0.1, 0.15) is 5.58 Å². The quantitative estimate of drug-likeness (QED) is 0.706. The third-order valence-corrected chi connectivity index (χ3v) is 2.35. The summed E-state index contributed by atoms with van der Waals surface area (Å²) in [6, 6.07) is 7.60. The lowest BCUT2D eigenvalue weighted by atomic mass is 10.1. The Hall–Kier alpha value is -2.14. The molecular formula is C11H9N3O2. The third-order valence-electron chi connectivity index (χ3n) is 2.35. The minimum atomic E-state index is 0.251. The van der Waals surface area contributed by atoms with E-state index in [4.69, 9.17) is 14.7 Å². The summed E-state index contributed by atoms with van der Waals surface area (Å²) in [5, 5.41) is 4.86. The van der Waals surface area contributed by atoms with Crippen molar-refractivity contribution in [2.45, 2.75) is 6.54 Å². The van der Waals surface area contributed by atoms with E-state index in [9.17, 15) is 0 Å². The maximum Gasteiger partial charge on any atom is 0.240 e. The fourth-order valence-electron chi connectivity index (χ4n) is 1.56. The van der Waals surface area contributed by atoms with Crippen LogP contribution >= 0.6 is 0 Å². The second-order valence-electron chi connectivity index (χ2n) is 3.39. The number of nitrogens with two attached hydrogens (primary N) is 1. The molecule has 80 valence electrons. The van der Waals surface area contributed by atoms with Gasteiger partial charge >= 0.3 is 0 Å². The lowest BCUT2D eigenvalue weighted by Crippen LogP contribution is -1.95. The van der Waals surface area contributed by atoms with E-state index in [0.717, 1.165) is 16.5 Å². The molecule has 3 rings (SSSR count). The van der Waals surface area contributed by atoms with Crippen molar-refractivity contribution in [3.63, 3.8) is 0 Å². The number of rotatable bonds is 2. The minimum absolute atomic E-state index is 0.251. The van der Waals surface area contributed by atoms with E-state index in [1.807, 2.05) is 24.3 Å². The van der Waals surface area contributed by atoms with Gasteiger partial charge in [-0.2, -0.15) is 4.98 Å². The van der Waals surface area contributed by atoms with Gasteiger partial charge in [0.05, 0.1) is 12.8 Å². The van der Waals surface area contributed by atoms with Gasteiger partial charge in [-0.15, -0.1) is 0 Å². The van der Waals surface area contributed by atoms with Crippen LogP contribution in [-0.4, -0.2) is 10.1 Å². The van der Waals surface area contributed by atoms with Crippen LogP contribution in [0.1, 0.15) is 5.89 Å². The second-order valence-corrected chi connectivity index (χ2v) is 3.39. The van der Waals surface area contributed by atoms with Gasteiger partial charge in [0.2, 0.25) is 11.7 Å². The average Bonchev–Trinajstić information content (AvgIpc) is 2.96. The third kappa shape index (κ3) is 1.38. The van der Waals surface area contributed by atoms with Crippen molar-refractivity contribution in [2.75, 3.05) is 0 Å². The molecule has 2 aromatic heterocycles. The first kappa shape index (κ1) is 9.11. The largest absolute Gasteiger partial charge is 0.464 e. The summed E-state index contributed by atoms with van der Waals surface area (Å²) in [5.41, 5.74) is 7.13. The molecule has 0 aliphatic carbocycles. The summed E-state index contributed by atoms with van der Waals surface area (Å²) >= 11 is 0. The monoisotopic (exact) mass is 215 g/mol. The first-order valence-electron chi connectivity index (χ1n) is 4.87. The van der Waals surface area contributed by atoms with Crippen molar-refractivity contribution in [1.82, 2.24) is 10.1 Å². The number of hydrogen-bond acceptors (Lipinski definition) is 5. The smallest absolute Gasteiger partial charge is 0.240 e. The zero-order valence-electron chi connectivity index (χ0n) is 8.38.